The average Bonchev–Trinajstić information content (AvgIpc) is 2.64. The number of rotatable bonds is 5. The topological polar surface area (TPSA) is 58.6 Å². The number of hydrogen-bond acceptors (Lipinski definition) is 3. The van der Waals surface area contributed by atoms with Crippen LogP contribution in [0, 0.1) is 0 Å². The summed E-state index contributed by atoms with van der Waals surface area (Å²) in [6, 6.07) is 8.85. The Kier molecular flexibility index (Phi) is 3.85. The zero-order chi connectivity index (χ0) is 13.9. The third-order valence-corrected chi connectivity index (χ3v) is 3.38. The molecule has 102 valence electrons. The Balaban J connectivity index is 2.39. The minimum absolute atomic E-state index is 0.166. The van der Waals surface area contributed by atoms with Crippen molar-refractivity contribution >= 4 is 11.9 Å². The second-order valence-electron chi connectivity index (χ2n) is 4.60. The summed E-state index contributed by atoms with van der Waals surface area (Å²) in [4.78, 5) is 25.4. The smallest absolute Gasteiger partial charge is 0.325 e. The van der Waals surface area contributed by atoms with Crippen LogP contribution < -0.4 is 5.32 Å². The minimum Gasteiger partial charge on any atom is -0.378 e. The number of ether oxygens (including phenoxy) is 1. The molecule has 1 aliphatic heterocycles. The predicted octanol–water partition coefficient (Wildman–Crippen LogP) is 1.49. The maximum absolute atomic E-state index is 12.3. The van der Waals surface area contributed by atoms with Crippen molar-refractivity contribution < 1.29 is 14.3 Å². The number of imide groups is 1. The van der Waals surface area contributed by atoms with Gasteiger partial charge in [0.15, 0.2) is 5.54 Å². The molecule has 1 atom stereocenters. The number of hydrogen-bond donors (Lipinski definition) is 1. The van der Waals surface area contributed by atoms with Crippen LogP contribution in [0.5, 0.6) is 0 Å². The molecule has 5 heteroatoms. The number of nitrogens with zero attached hydrogens (tertiary/aromatic N) is 1. The van der Waals surface area contributed by atoms with Crippen LogP contribution in [0.25, 0.3) is 0 Å². The van der Waals surface area contributed by atoms with E-state index in [2.05, 4.69) is 5.32 Å². The van der Waals surface area contributed by atoms with Crippen LogP contribution in [0.15, 0.2) is 30.3 Å². The lowest BCUT2D eigenvalue weighted by atomic mass is 9.89. The second kappa shape index (κ2) is 5.40. The highest BCUT2D eigenvalue weighted by Gasteiger charge is 2.52. The molecule has 1 aromatic rings. The van der Waals surface area contributed by atoms with Gasteiger partial charge in [0.05, 0.1) is 6.61 Å². The van der Waals surface area contributed by atoms with Gasteiger partial charge in [0, 0.05) is 13.7 Å². The third-order valence-electron chi connectivity index (χ3n) is 3.38. The van der Waals surface area contributed by atoms with E-state index in [4.69, 9.17) is 4.74 Å². The van der Waals surface area contributed by atoms with Crippen molar-refractivity contribution in [3.8, 4) is 0 Å². The number of carbonyl (C=O) groups excluding carboxylic acids is 2. The van der Waals surface area contributed by atoms with Crippen molar-refractivity contribution in [3.63, 3.8) is 0 Å². The molecule has 1 saturated heterocycles. The molecule has 5 nitrogen and oxygen atoms in total. The molecule has 1 N–H and O–H groups in total. The number of amides is 3. The van der Waals surface area contributed by atoms with Crippen LogP contribution in [-0.4, -0.2) is 37.1 Å². The minimum atomic E-state index is -1.06. The molecule has 0 unspecified atom stereocenters. The van der Waals surface area contributed by atoms with Crippen LogP contribution in [0.3, 0.4) is 0 Å². The molecule has 0 aromatic heterocycles. The zero-order valence-corrected chi connectivity index (χ0v) is 11.2. The predicted molar refractivity (Wildman–Crippen MR) is 70.5 cm³/mol. The lowest BCUT2D eigenvalue weighted by Gasteiger charge is -2.32. The van der Waals surface area contributed by atoms with Gasteiger partial charge >= 0.3 is 6.03 Å². The molecule has 0 saturated carbocycles. The van der Waals surface area contributed by atoms with Crippen LogP contribution in [-0.2, 0) is 15.1 Å². The summed E-state index contributed by atoms with van der Waals surface area (Å²) in [5.41, 5.74) is -0.301. The highest BCUT2D eigenvalue weighted by atomic mass is 16.5. The Labute approximate surface area is 112 Å². The largest absolute Gasteiger partial charge is 0.378 e. The maximum atomic E-state index is 12.3. The van der Waals surface area contributed by atoms with Crippen molar-refractivity contribution in [2.24, 2.45) is 0 Å². The van der Waals surface area contributed by atoms with E-state index in [1.54, 1.807) is 7.05 Å². The van der Waals surface area contributed by atoms with E-state index >= 15 is 0 Å². The summed E-state index contributed by atoms with van der Waals surface area (Å²) in [7, 11) is 1.61. The molecule has 0 spiro atoms. The Bertz CT molecular complexity index is 475. The molecule has 0 bridgehead atoms. The van der Waals surface area contributed by atoms with E-state index < -0.39 is 11.6 Å². The standard InChI is InChI=1S/C14H18N2O3/c1-3-9-19-10-14(11-7-5-4-6-8-11)12(17)15-13(18)16(14)2/h4-8H,3,9-10H2,1-2H3,(H,15,17,18)/t14-/m1/s1. The Morgan fingerprint density at radius 2 is 1.95 bits per heavy atom. The normalized spacial score (nSPS) is 22.7. The number of benzene rings is 1. The van der Waals surface area contributed by atoms with E-state index in [1.165, 1.54) is 4.90 Å². The van der Waals surface area contributed by atoms with Crippen LogP contribution in [0.2, 0.25) is 0 Å². The first-order valence-electron chi connectivity index (χ1n) is 6.35. The Hall–Kier alpha value is -1.88. The maximum Gasteiger partial charge on any atom is 0.325 e. The SMILES string of the molecule is CCCOC[C@@]1(c2ccccc2)C(=O)NC(=O)N1C. The number of urea groups is 1. The molecule has 1 aliphatic rings. The first-order valence-corrected chi connectivity index (χ1v) is 6.35. The van der Waals surface area contributed by atoms with E-state index in [-0.39, 0.29) is 12.5 Å². The number of nitrogens with one attached hydrogen (secondary N) is 1. The van der Waals surface area contributed by atoms with E-state index in [1.807, 2.05) is 37.3 Å². The van der Waals surface area contributed by atoms with E-state index in [0.29, 0.717) is 6.61 Å². The molecule has 1 fully saturated rings. The van der Waals surface area contributed by atoms with Crippen molar-refractivity contribution in [2.75, 3.05) is 20.3 Å². The highest BCUT2D eigenvalue weighted by molar-refractivity contribution is 6.07. The fourth-order valence-electron chi connectivity index (χ4n) is 2.26. The molecule has 3 amide bonds. The fraction of sp³-hybridized carbons (Fsp3) is 0.429. The molecule has 0 aliphatic carbocycles. The fourth-order valence-corrected chi connectivity index (χ4v) is 2.26. The molecule has 2 rings (SSSR count). The monoisotopic (exact) mass is 262 g/mol. The van der Waals surface area contributed by atoms with Gasteiger partial charge < -0.3 is 9.64 Å². The molecule has 1 aromatic carbocycles. The van der Waals surface area contributed by atoms with Gasteiger partial charge in [-0.25, -0.2) is 4.79 Å². The van der Waals surface area contributed by atoms with Gasteiger partial charge in [-0.05, 0) is 12.0 Å². The van der Waals surface area contributed by atoms with Gasteiger partial charge in [-0.3, -0.25) is 10.1 Å². The molecule has 1 heterocycles. The summed E-state index contributed by atoms with van der Waals surface area (Å²) in [6.07, 6.45) is 0.865. The summed E-state index contributed by atoms with van der Waals surface area (Å²) >= 11 is 0. The third kappa shape index (κ3) is 2.21. The first kappa shape index (κ1) is 13.5. The van der Waals surface area contributed by atoms with Crippen molar-refractivity contribution in [1.29, 1.82) is 0 Å². The molecular formula is C14H18N2O3. The van der Waals surface area contributed by atoms with Gasteiger partial charge in [0.2, 0.25) is 0 Å². The summed E-state index contributed by atoms with van der Waals surface area (Å²) in [5, 5.41) is 2.35. The molecule has 0 radical (unpaired) electrons. The van der Waals surface area contributed by atoms with Crippen molar-refractivity contribution in [2.45, 2.75) is 18.9 Å². The number of likely N-dealkylation sites (N-methyl/N-ethyl adjacent to an activating group) is 1. The van der Waals surface area contributed by atoms with Crippen LogP contribution >= 0.6 is 0 Å². The quantitative estimate of drug-likeness (QED) is 0.646. The van der Waals surface area contributed by atoms with Crippen molar-refractivity contribution in [1.82, 2.24) is 10.2 Å². The Morgan fingerprint density at radius 1 is 1.26 bits per heavy atom. The van der Waals surface area contributed by atoms with Gasteiger partial charge in [0.1, 0.15) is 0 Å². The molecular weight excluding hydrogens is 244 g/mol. The highest BCUT2D eigenvalue weighted by Crippen LogP contribution is 2.32. The van der Waals surface area contributed by atoms with Gasteiger partial charge in [-0.1, -0.05) is 37.3 Å². The van der Waals surface area contributed by atoms with Gasteiger partial charge in [-0.15, -0.1) is 0 Å². The molecule has 19 heavy (non-hydrogen) atoms. The van der Waals surface area contributed by atoms with Gasteiger partial charge in [-0.2, -0.15) is 0 Å². The number of carbonyl (C=O) groups is 2. The van der Waals surface area contributed by atoms with Crippen LogP contribution in [0.4, 0.5) is 4.79 Å². The zero-order valence-electron chi connectivity index (χ0n) is 11.2. The lowest BCUT2D eigenvalue weighted by molar-refractivity contribution is -0.130. The average molecular weight is 262 g/mol. The summed E-state index contributed by atoms with van der Waals surface area (Å²) in [6.45, 7) is 2.72. The van der Waals surface area contributed by atoms with E-state index in [9.17, 15) is 9.59 Å². The van der Waals surface area contributed by atoms with E-state index in [0.717, 1.165) is 12.0 Å². The first-order chi connectivity index (χ1) is 9.13. The van der Waals surface area contributed by atoms with Gasteiger partial charge in [0.25, 0.3) is 5.91 Å². The Morgan fingerprint density at radius 3 is 2.47 bits per heavy atom. The second-order valence-corrected chi connectivity index (χ2v) is 4.60. The summed E-state index contributed by atoms with van der Waals surface area (Å²) in [5.74, 6) is -0.331. The van der Waals surface area contributed by atoms with Crippen molar-refractivity contribution in [3.05, 3.63) is 35.9 Å². The van der Waals surface area contributed by atoms with Crippen LogP contribution in [0.1, 0.15) is 18.9 Å². The summed E-state index contributed by atoms with van der Waals surface area (Å²) < 4.78 is 5.56. The lowest BCUT2D eigenvalue weighted by Crippen LogP contribution is -2.48.